The highest BCUT2D eigenvalue weighted by Crippen LogP contribution is 2.27. The van der Waals surface area contributed by atoms with Gasteiger partial charge in [0.05, 0.1) is 26.7 Å². The van der Waals surface area contributed by atoms with E-state index in [9.17, 15) is 9.90 Å². The van der Waals surface area contributed by atoms with Crippen LogP contribution in [0.25, 0.3) is 0 Å². The van der Waals surface area contributed by atoms with Gasteiger partial charge in [-0.3, -0.25) is 9.69 Å². The predicted octanol–water partition coefficient (Wildman–Crippen LogP) is 2.37. The number of rotatable bonds is 9. The van der Waals surface area contributed by atoms with Gasteiger partial charge >= 0.3 is 0 Å². The molecule has 1 aliphatic rings. The van der Waals surface area contributed by atoms with Crippen molar-refractivity contribution in [2.45, 2.75) is 25.2 Å². The highest BCUT2D eigenvalue weighted by atomic mass is 35.5. The number of hydrogen-bond acceptors (Lipinski definition) is 6. The number of amides is 1. The molecule has 0 radical (unpaired) electrons. The zero-order valence-corrected chi connectivity index (χ0v) is 17.7. The van der Waals surface area contributed by atoms with Crippen molar-refractivity contribution in [3.63, 3.8) is 0 Å². The Kier molecular flexibility index (Phi) is 7.55. The molecule has 3 rings (SSSR count). The molecule has 0 aromatic heterocycles. The Hall–Kier alpha value is -2.32. The monoisotopic (exact) mass is 434 g/mol. The lowest BCUT2D eigenvalue weighted by Crippen LogP contribution is -2.56. The Morgan fingerprint density at radius 3 is 2.87 bits per heavy atom. The lowest BCUT2D eigenvalue weighted by atomic mass is 9.97. The van der Waals surface area contributed by atoms with Gasteiger partial charge < -0.3 is 25.1 Å². The SMILES string of the molecule is COc1ccc(CN2CCOC(COc3cccc(Cl)c3)(CC(N)=O)C2)cc1CO. The number of primary amides is 1. The minimum atomic E-state index is -0.849. The molecule has 2 aromatic rings. The third-order valence-corrected chi connectivity index (χ3v) is 5.28. The molecule has 7 nitrogen and oxygen atoms in total. The molecule has 30 heavy (non-hydrogen) atoms. The van der Waals surface area contributed by atoms with Crippen LogP contribution in [0.4, 0.5) is 0 Å². The van der Waals surface area contributed by atoms with E-state index in [0.717, 1.165) is 11.1 Å². The van der Waals surface area contributed by atoms with Crippen LogP contribution in [0.2, 0.25) is 5.02 Å². The Morgan fingerprint density at radius 2 is 2.17 bits per heavy atom. The second kappa shape index (κ2) is 10.1. The van der Waals surface area contributed by atoms with Gasteiger partial charge in [-0.05, 0) is 35.9 Å². The van der Waals surface area contributed by atoms with Crippen LogP contribution in [-0.2, 0) is 22.7 Å². The Bertz CT molecular complexity index is 878. The van der Waals surface area contributed by atoms with E-state index in [2.05, 4.69) is 4.90 Å². The number of ether oxygens (including phenoxy) is 3. The molecule has 1 aliphatic heterocycles. The summed E-state index contributed by atoms with van der Waals surface area (Å²) in [5.74, 6) is 0.814. The second-order valence-electron chi connectivity index (χ2n) is 7.44. The first-order valence-corrected chi connectivity index (χ1v) is 10.1. The first kappa shape index (κ1) is 22.4. The first-order valence-electron chi connectivity index (χ1n) is 9.73. The van der Waals surface area contributed by atoms with Crippen molar-refractivity contribution in [2.75, 3.05) is 33.4 Å². The van der Waals surface area contributed by atoms with Crippen molar-refractivity contribution >= 4 is 17.5 Å². The summed E-state index contributed by atoms with van der Waals surface area (Å²) in [4.78, 5) is 14.0. The van der Waals surface area contributed by atoms with Gasteiger partial charge in [-0.15, -0.1) is 0 Å². The number of hydrogen-bond donors (Lipinski definition) is 2. The van der Waals surface area contributed by atoms with Crippen molar-refractivity contribution in [1.29, 1.82) is 0 Å². The molecule has 2 aromatic carbocycles. The molecule has 1 atom stereocenters. The van der Waals surface area contributed by atoms with Crippen molar-refractivity contribution in [3.8, 4) is 11.5 Å². The molecule has 3 N–H and O–H groups in total. The lowest BCUT2D eigenvalue weighted by Gasteiger charge is -2.42. The summed E-state index contributed by atoms with van der Waals surface area (Å²) < 4.78 is 17.2. The average molecular weight is 435 g/mol. The number of carbonyl (C=O) groups excluding carboxylic acids is 1. The summed E-state index contributed by atoms with van der Waals surface area (Å²) >= 11 is 6.02. The Morgan fingerprint density at radius 1 is 1.33 bits per heavy atom. The zero-order valence-electron chi connectivity index (χ0n) is 17.0. The fraction of sp³-hybridized carbons (Fsp3) is 0.409. The quantitative estimate of drug-likeness (QED) is 0.629. The minimum absolute atomic E-state index is 0.0502. The van der Waals surface area contributed by atoms with Gasteiger partial charge in [0, 0.05) is 30.2 Å². The van der Waals surface area contributed by atoms with Gasteiger partial charge in [0.15, 0.2) is 0 Å². The number of halogens is 1. The topological polar surface area (TPSA) is 94.3 Å². The number of nitrogens with two attached hydrogens (primary N) is 1. The zero-order chi connectivity index (χ0) is 21.6. The van der Waals surface area contributed by atoms with Crippen LogP contribution < -0.4 is 15.2 Å². The van der Waals surface area contributed by atoms with E-state index in [0.29, 0.717) is 42.8 Å². The summed E-state index contributed by atoms with van der Waals surface area (Å²) in [5, 5.41) is 10.1. The normalized spacial score (nSPS) is 19.4. The van der Waals surface area contributed by atoms with Crippen molar-refractivity contribution in [3.05, 3.63) is 58.6 Å². The van der Waals surface area contributed by atoms with Crippen LogP contribution in [0.5, 0.6) is 11.5 Å². The summed E-state index contributed by atoms with van der Waals surface area (Å²) in [6.07, 6.45) is 0.0502. The van der Waals surface area contributed by atoms with Gasteiger partial charge in [0.25, 0.3) is 0 Å². The number of aliphatic hydroxyl groups excluding tert-OH is 1. The van der Waals surface area contributed by atoms with Crippen LogP contribution in [0.1, 0.15) is 17.5 Å². The molecular formula is C22H27ClN2O5. The third-order valence-electron chi connectivity index (χ3n) is 5.04. The second-order valence-corrected chi connectivity index (χ2v) is 7.87. The molecule has 0 bridgehead atoms. The standard InChI is InChI=1S/C22H27ClN2O5/c1-28-20-6-5-16(9-17(20)13-26)12-25-7-8-30-22(14-25,11-21(24)27)15-29-19-4-2-3-18(23)10-19/h2-6,9-10,26H,7-8,11-15H2,1H3,(H2,24,27). The number of benzene rings is 2. The number of carbonyl (C=O) groups is 1. The molecule has 1 amide bonds. The maximum atomic E-state index is 11.8. The predicted molar refractivity (Wildman–Crippen MR) is 114 cm³/mol. The molecule has 0 saturated carbocycles. The van der Waals surface area contributed by atoms with Gasteiger partial charge in [-0.25, -0.2) is 0 Å². The van der Waals surface area contributed by atoms with Crippen molar-refractivity contribution < 1.29 is 24.1 Å². The molecule has 0 aliphatic carbocycles. The minimum Gasteiger partial charge on any atom is -0.496 e. The third kappa shape index (κ3) is 5.86. The molecule has 0 spiro atoms. The smallest absolute Gasteiger partial charge is 0.220 e. The van der Waals surface area contributed by atoms with E-state index in [4.69, 9.17) is 31.5 Å². The highest BCUT2D eigenvalue weighted by molar-refractivity contribution is 6.30. The average Bonchev–Trinajstić information content (AvgIpc) is 2.72. The van der Waals surface area contributed by atoms with Gasteiger partial charge in [0.2, 0.25) is 5.91 Å². The number of morpholine rings is 1. The van der Waals surface area contributed by atoms with Crippen molar-refractivity contribution in [2.24, 2.45) is 5.73 Å². The van der Waals surface area contributed by atoms with E-state index >= 15 is 0 Å². The molecule has 1 fully saturated rings. The van der Waals surface area contributed by atoms with E-state index in [-0.39, 0.29) is 19.6 Å². The van der Waals surface area contributed by atoms with Crippen molar-refractivity contribution in [1.82, 2.24) is 4.90 Å². The van der Waals surface area contributed by atoms with Crippen LogP contribution in [0, 0.1) is 0 Å². The van der Waals surface area contributed by atoms with E-state index in [1.807, 2.05) is 18.2 Å². The summed E-state index contributed by atoms with van der Waals surface area (Å²) in [6, 6.07) is 12.8. The van der Waals surface area contributed by atoms with Gasteiger partial charge in [-0.1, -0.05) is 23.7 Å². The van der Waals surface area contributed by atoms with E-state index in [1.165, 1.54) is 0 Å². The summed E-state index contributed by atoms with van der Waals surface area (Å²) in [5.41, 5.74) is 6.43. The van der Waals surface area contributed by atoms with Crippen LogP contribution in [0.15, 0.2) is 42.5 Å². The van der Waals surface area contributed by atoms with Gasteiger partial charge in [-0.2, -0.15) is 0 Å². The van der Waals surface area contributed by atoms with E-state index < -0.39 is 11.5 Å². The molecule has 162 valence electrons. The fourth-order valence-electron chi connectivity index (χ4n) is 3.70. The van der Waals surface area contributed by atoms with Gasteiger partial charge in [0.1, 0.15) is 23.7 Å². The maximum Gasteiger partial charge on any atom is 0.220 e. The number of nitrogens with zero attached hydrogens (tertiary/aromatic N) is 1. The molecular weight excluding hydrogens is 408 g/mol. The fourth-order valence-corrected chi connectivity index (χ4v) is 3.89. The number of aliphatic hydroxyl groups is 1. The Balaban J connectivity index is 1.72. The van der Waals surface area contributed by atoms with E-state index in [1.54, 1.807) is 31.4 Å². The highest BCUT2D eigenvalue weighted by Gasteiger charge is 2.39. The van der Waals surface area contributed by atoms with Crippen LogP contribution in [0.3, 0.4) is 0 Å². The van der Waals surface area contributed by atoms with Crippen LogP contribution in [-0.4, -0.2) is 54.9 Å². The maximum absolute atomic E-state index is 11.8. The number of methoxy groups -OCH3 is 1. The Labute approximate surface area is 181 Å². The van der Waals surface area contributed by atoms with Crippen LogP contribution >= 0.6 is 11.6 Å². The summed E-state index contributed by atoms with van der Waals surface area (Å²) in [7, 11) is 1.58. The molecule has 8 heteroatoms. The molecule has 1 heterocycles. The molecule has 1 unspecified atom stereocenters. The molecule has 1 saturated heterocycles. The lowest BCUT2D eigenvalue weighted by molar-refractivity contribution is -0.148. The largest absolute Gasteiger partial charge is 0.496 e. The first-order chi connectivity index (χ1) is 14.4. The summed E-state index contributed by atoms with van der Waals surface area (Å²) in [6.45, 7) is 2.36.